The van der Waals surface area contributed by atoms with E-state index in [1.165, 1.54) is 24.0 Å². The Kier molecular flexibility index (Phi) is 6.38. The zero-order valence-corrected chi connectivity index (χ0v) is 18.8. The Morgan fingerprint density at radius 1 is 1.14 bits per heavy atom. The van der Waals surface area contributed by atoms with Crippen molar-refractivity contribution in [2.24, 2.45) is 0 Å². The quantitative estimate of drug-likeness (QED) is 0.424. The first-order valence-electron chi connectivity index (χ1n) is 8.51. The fourth-order valence-electron chi connectivity index (χ4n) is 2.74. The molecular weight excluding hydrogens is 489 g/mol. The van der Waals surface area contributed by atoms with E-state index in [1.54, 1.807) is 12.1 Å². The van der Waals surface area contributed by atoms with E-state index in [-0.39, 0.29) is 0 Å². The number of fused-ring (bicyclic) bond motifs is 1. The van der Waals surface area contributed by atoms with E-state index >= 15 is 0 Å². The molecule has 0 N–H and O–H groups in total. The van der Waals surface area contributed by atoms with Crippen LogP contribution in [0.1, 0.15) is 5.56 Å². The molecule has 0 unspecified atom stereocenters. The van der Waals surface area contributed by atoms with Gasteiger partial charge in [-0.15, -0.1) is 11.8 Å². The minimum absolute atomic E-state index is 0.406. The van der Waals surface area contributed by atoms with E-state index < -0.39 is 26.7 Å². The first-order chi connectivity index (χ1) is 13.5. The number of hydrogen-bond donors (Lipinski definition) is 0. The lowest BCUT2D eigenvalue weighted by Gasteiger charge is -2.11. The summed E-state index contributed by atoms with van der Waals surface area (Å²) in [5, 5.41) is 0.721. The van der Waals surface area contributed by atoms with Gasteiger partial charge in [-0.3, -0.25) is 0 Å². The first-order valence-corrected chi connectivity index (χ1v) is 11.7. The average Bonchev–Trinajstić information content (AvgIpc) is 2.99. The van der Waals surface area contributed by atoms with Crippen LogP contribution in [-0.2, 0) is 16.2 Å². The minimum Gasteiger partial charge on any atom is -0.309 e. The van der Waals surface area contributed by atoms with Gasteiger partial charge in [-0.05, 0) is 50.5 Å². The second-order valence-corrected chi connectivity index (χ2v) is 10.5. The third-order valence-corrected chi connectivity index (χ3v) is 7.40. The van der Waals surface area contributed by atoms with Gasteiger partial charge < -0.3 is 4.90 Å². The molecule has 0 fully saturated rings. The van der Waals surface area contributed by atoms with Crippen LogP contribution >= 0.6 is 27.7 Å². The number of nitrogens with zero attached hydrogens (tertiary/aromatic N) is 2. The summed E-state index contributed by atoms with van der Waals surface area (Å²) in [7, 11) is -0.318. The van der Waals surface area contributed by atoms with Crippen molar-refractivity contribution >= 4 is 48.6 Å². The summed E-state index contributed by atoms with van der Waals surface area (Å²) in [4.78, 5) is 2.36. The topological polar surface area (TPSA) is 42.3 Å². The molecular formula is C19H18BrF3N2O2S2. The second kappa shape index (κ2) is 8.33. The molecule has 0 saturated carbocycles. The van der Waals surface area contributed by atoms with Crippen molar-refractivity contribution in [1.82, 2.24) is 8.87 Å². The fraction of sp³-hybridized carbons (Fsp3) is 0.263. The smallest absolute Gasteiger partial charge is 0.309 e. The van der Waals surface area contributed by atoms with Crippen molar-refractivity contribution in [3.8, 4) is 0 Å². The van der Waals surface area contributed by atoms with E-state index in [4.69, 9.17) is 0 Å². The monoisotopic (exact) mass is 506 g/mol. The van der Waals surface area contributed by atoms with Crippen molar-refractivity contribution < 1.29 is 21.6 Å². The Balaban J connectivity index is 2.11. The summed E-state index contributed by atoms with van der Waals surface area (Å²) in [6, 6.07) is 8.95. The highest BCUT2D eigenvalue weighted by Crippen LogP contribution is 2.35. The summed E-state index contributed by atoms with van der Waals surface area (Å²) in [5.41, 5.74) is -0.587. The van der Waals surface area contributed by atoms with E-state index in [0.29, 0.717) is 11.6 Å². The third-order valence-electron chi connectivity index (χ3n) is 4.21. The number of halogens is 4. The highest BCUT2D eigenvalue weighted by Gasteiger charge is 2.32. The maximum atomic E-state index is 13.2. The van der Waals surface area contributed by atoms with E-state index in [2.05, 4.69) is 15.9 Å². The van der Waals surface area contributed by atoms with Crippen LogP contribution in [0.5, 0.6) is 0 Å². The normalized spacial score (nSPS) is 12.8. The standard InChI is InChI=1S/C19H18BrF3N2O2S2/c1-24(2)8-9-28-18-12-25(17-7-6-14(20)11-16(17)18)29(26,27)15-5-3-4-13(10-15)19(21,22)23/h3-7,10-12H,8-9H2,1-2H3. The molecule has 3 aromatic rings. The molecule has 156 valence electrons. The highest BCUT2D eigenvalue weighted by atomic mass is 79.9. The van der Waals surface area contributed by atoms with Gasteiger partial charge >= 0.3 is 6.18 Å². The van der Waals surface area contributed by atoms with Crippen LogP contribution in [-0.4, -0.2) is 43.7 Å². The van der Waals surface area contributed by atoms with Crippen LogP contribution < -0.4 is 0 Å². The lowest BCUT2D eigenvalue weighted by Crippen LogP contribution is -2.14. The van der Waals surface area contributed by atoms with Crippen molar-refractivity contribution in [2.75, 3.05) is 26.4 Å². The molecule has 29 heavy (non-hydrogen) atoms. The summed E-state index contributed by atoms with van der Waals surface area (Å²) in [6.45, 7) is 0.797. The number of thioether (sulfide) groups is 1. The van der Waals surface area contributed by atoms with E-state index in [1.807, 2.05) is 25.1 Å². The number of alkyl halides is 3. The van der Waals surface area contributed by atoms with Gasteiger partial charge in [0.2, 0.25) is 0 Å². The molecule has 4 nitrogen and oxygen atoms in total. The molecule has 0 bridgehead atoms. The summed E-state index contributed by atoms with van der Waals surface area (Å²) in [6.07, 6.45) is -3.14. The van der Waals surface area contributed by atoms with E-state index in [9.17, 15) is 21.6 Å². The minimum atomic E-state index is -4.62. The molecule has 0 aliphatic carbocycles. The van der Waals surface area contributed by atoms with Crippen LogP contribution in [0.3, 0.4) is 0 Å². The maximum Gasteiger partial charge on any atom is 0.416 e. The zero-order chi connectivity index (χ0) is 21.4. The number of aromatic nitrogens is 1. The van der Waals surface area contributed by atoms with Gasteiger partial charge in [0.05, 0.1) is 16.0 Å². The Hall–Kier alpha value is -1.49. The zero-order valence-electron chi connectivity index (χ0n) is 15.6. The van der Waals surface area contributed by atoms with Crippen LogP contribution in [0.25, 0.3) is 10.9 Å². The average molecular weight is 507 g/mol. The molecule has 1 aromatic heterocycles. The largest absolute Gasteiger partial charge is 0.416 e. The summed E-state index contributed by atoms with van der Waals surface area (Å²) < 4.78 is 67.3. The van der Waals surface area contributed by atoms with Crippen molar-refractivity contribution in [1.29, 1.82) is 0 Å². The molecule has 3 rings (SSSR count). The highest BCUT2D eigenvalue weighted by molar-refractivity contribution is 9.10. The predicted octanol–water partition coefficient (Wildman–Crippen LogP) is 5.31. The van der Waals surface area contributed by atoms with Crippen LogP contribution in [0, 0.1) is 0 Å². The van der Waals surface area contributed by atoms with Gasteiger partial charge in [0.15, 0.2) is 0 Å². The molecule has 10 heteroatoms. The van der Waals surface area contributed by atoms with Crippen molar-refractivity contribution in [3.63, 3.8) is 0 Å². The Morgan fingerprint density at radius 3 is 2.52 bits per heavy atom. The summed E-state index contributed by atoms with van der Waals surface area (Å²) in [5.74, 6) is 0.738. The van der Waals surface area contributed by atoms with Crippen LogP contribution in [0.15, 0.2) is 62.9 Å². The maximum absolute atomic E-state index is 13.2. The Labute approximate surface area is 179 Å². The molecule has 0 aliphatic rings. The van der Waals surface area contributed by atoms with Gasteiger partial charge in [-0.1, -0.05) is 22.0 Å². The number of hydrogen-bond acceptors (Lipinski definition) is 4. The lowest BCUT2D eigenvalue weighted by atomic mass is 10.2. The molecule has 0 radical (unpaired) electrons. The SMILES string of the molecule is CN(C)CCSc1cn(S(=O)(=O)c2cccc(C(F)(F)F)c2)c2ccc(Br)cc12. The second-order valence-electron chi connectivity index (χ2n) is 6.63. The predicted molar refractivity (Wildman–Crippen MR) is 113 cm³/mol. The number of rotatable bonds is 6. The lowest BCUT2D eigenvalue weighted by molar-refractivity contribution is -0.137. The molecule has 0 amide bonds. The van der Waals surface area contributed by atoms with E-state index in [0.717, 1.165) is 43.2 Å². The first kappa shape index (κ1) is 22.2. The summed E-state index contributed by atoms with van der Waals surface area (Å²) >= 11 is 4.89. The van der Waals surface area contributed by atoms with Gasteiger partial charge in [0.25, 0.3) is 10.0 Å². The van der Waals surface area contributed by atoms with Crippen molar-refractivity contribution in [3.05, 3.63) is 58.7 Å². The molecule has 0 aliphatic heterocycles. The van der Waals surface area contributed by atoms with Crippen LogP contribution in [0.4, 0.5) is 13.2 Å². The van der Waals surface area contributed by atoms with Gasteiger partial charge in [-0.25, -0.2) is 12.4 Å². The number of benzene rings is 2. The molecule has 0 saturated heterocycles. The van der Waals surface area contributed by atoms with Crippen LogP contribution in [0.2, 0.25) is 0 Å². The van der Waals surface area contributed by atoms with Crippen molar-refractivity contribution in [2.45, 2.75) is 16.0 Å². The molecule has 0 atom stereocenters. The molecule has 0 spiro atoms. The van der Waals surface area contributed by atoms with Gasteiger partial charge in [0, 0.05) is 33.2 Å². The molecule has 1 heterocycles. The Morgan fingerprint density at radius 2 is 1.86 bits per heavy atom. The molecule has 2 aromatic carbocycles. The Bertz CT molecular complexity index is 1140. The third kappa shape index (κ3) is 4.82. The fourth-order valence-corrected chi connectivity index (χ4v) is 5.76. The van der Waals surface area contributed by atoms with Gasteiger partial charge in [0.1, 0.15) is 0 Å². The van der Waals surface area contributed by atoms with Gasteiger partial charge in [-0.2, -0.15) is 13.2 Å².